The minimum Gasteiger partial charge on any atom is -0.456 e. The molecule has 0 fully saturated rings. The summed E-state index contributed by atoms with van der Waals surface area (Å²) >= 11 is 0. The monoisotopic (exact) mass is 398 g/mol. The third-order valence-electron chi connectivity index (χ3n) is 4.93. The van der Waals surface area contributed by atoms with Crippen molar-refractivity contribution >= 4 is 28.3 Å². The summed E-state index contributed by atoms with van der Waals surface area (Å²) in [5.41, 5.74) is 4.46. The molecular weight excluding hydrogens is 376 g/mol. The van der Waals surface area contributed by atoms with Gasteiger partial charge < -0.3 is 14.6 Å². The molecule has 0 radical (unpaired) electrons. The predicted molar refractivity (Wildman–Crippen MR) is 121 cm³/mol. The first-order chi connectivity index (χ1) is 14.4. The van der Waals surface area contributed by atoms with Gasteiger partial charge in [-0.05, 0) is 49.4 Å². The Morgan fingerprint density at radius 1 is 0.933 bits per heavy atom. The second-order valence-electron chi connectivity index (χ2n) is 7.45. The van der Waals surface area contributed by atoms with E-state index in [4.69, 9.17) is 4.42 Å². The Labute approximate surface area is 174 Å². The SMILES string of the molecule is Cc1ccc2oc(-c3ccc(C(=O)Nc4cccc(N(C)C)c4)cc3)cc(=O)c2c1. The van der Waals surface area contributed by atoms with E-state index in [-0.39, 0.29) is 11.3 Å². The number of anilines is 2. The Kier molecular flexibility index (Phi) is 5.11. The summed E-state index contributed by atoms with van der Waals surface area (Å²) in [5.74, 6) is 0.273. The molecule has 30 heavy (non-hydrogen) atoms. The Hall–Kier alpha value is -3.86. The van der Waals surface area contributed by atoms with Crippen molar-refractivity contribution in [2.24, 2.45) is 0 Å². The van der Waals surface area contributed by atoms with E-state index >= 15 is 0 Å². The number of nitrogens with one attached hydrogen (secondary N) is 1. The van der Waals surface area contributed by atoms with Gasteiger partial charge in [-0.25, -0.2) is 0 Å². The molecule has 1 amide bonds. The average Bonchev–Trinajstić information content (AvgIpc) is 2.74. The number of benzene rings is 3. The van der Waals surface area contributed by atoms with E-state index < -0.39 is 0 Å². The van der Waals surface area contributed by atoms with Gasteiger partial charge in [-0.1, -0.05) is 29.8 Å². The second kappa shape index (κ2) is 7.87. The van der Waals surface area contributed by atoms with Crippen molar-refractivity contribution in [3.8, 4) is 11.3 Å². The lowest BCUT2D eigenvalue weighted by atomic mass is 10.1. The van der Waals surface area contributed by atoms with Crippen molar-refractivity contribution < 1.29 is 9.21 Å². The number of rotatable bonds is 4. The average molecular weight is 398 g/mol. The number of fused-ring (bicyclic) bond motifs is 1. The lowest BCUT2D eigenvalue weighted by Gasteiger charge is -2.14. The van der Waals surface area contributed by atoms with Crippen LogP contribution in [-0.2, 0) is 0 Å². The van der Waals surface area contributed by atoms with Crippen LogP contribution in [0.4, 0.5) is 11.4 Å². The van der Waals surface area contributed by atoms with Gasteiger partial charge in [-0.3, -0.25) is 9.59 Å². The van der Waals surface area contributed by atoms with Crippen LogP contribution < -0.4 is 15.6 Å². The van der Waals surface area contributed by atoms with Gasteiger partial charge in [0.2, 0.25) is 0 Å². The smallest absolute Gasteiger partial charge is 0.255 e. The van der Waals surface area contributed by atoms with Crippen LogP contribution in [-0.4, -0.2) is 20.0 Å². The fourth-order valence-corrected chi connectivity index (χ4v) is 3.26. The molecule has 3 aromatic carbocycles. The summed E-state index contributed by atoms with van der Waals surface area (Å²) in [7, 11) is 3.90. The molecule has 0 atom stereocenters. The summed E-state index contributed by atoms with van der Waals surface area (Å²) in [4.78, 5) is 27.0. The zero-order chi connectivity index (χ0) is 21.3. The standard InChI is InChI=1S/C25H22N2O3/c1-16-7-12-23-21(13-16)22(28)15-24(30-23)17-8-10-18(11-9-17)25(29)26-19-5-4-6-20(14-19)27(2)3/h4-15H,1-3H3,(H,26,29). The van der Waals surface area contributed by atoms with Crippen molar-refractivity contribution in [1.29, 1.82) is 0 Å². The lowest BCUT2D eigenvalue weighted by Crippen LogP contribution is -2.13. The molecule has 0 bridgehead atoms. The van der Waals surface area contributed by atoms with E-state index in [0.717, 1.165) is 22.5 Å². The molecule has 5 nitrogen and oxygen atoms in total. The van der Waals surface area contributed by atoms with Crippen LogP contribution >= 0.6 is 0 Å². The molecule has 4 aromatic rings. The van der Waals surface area contributed by atoms with Crippen LogP contribution in [0.1, 0.15) is 15.9 Å². The van der Waals surface area contributed by atoms with Crippen molar-refractivity contribution in [2.75, 3.05) is 24.3 Å². The Morgan fingerprint density at radius 2 is 1.70 bits per heavy atom. The van der Waals surface area contributed by atoms with E-state index in [0.29, 0.717) is 22.3 Å². The van der Waals surface area contributed by atoms with Gasteiger partial charge in [-0.15, -0.1) is 0 Å². The van der Waals surface area contributed by atoms with Crippen molar-refractivity contribution in [1.82, 2.24) is 0 Å². The Morgan fingerprint density at radius 3 is 2.43 bits per heavy atom. The van der Waals surface area contributed by atoms with Crippen LogP contribution in [0.3, 0.4) is 0 Å². The van der Waals surface area contributed by atoms with Gasteiger partial charge in [0, 0.05) is 42.7 Å². The number of amides is 1. The third-order valence-corrected chi connectivity index (χ3v) is 4.93. The molecule has 0 aliphatic rings. The zero-order valence-electron chi connectivity index (χ0n) is 17.1. The molecule has 1 N–H and O–H groups in total. The molecule has 0 aliphatic heterocycles. The summed E-state index contributed by atoms with van der Waals surface area (Å²) in [6.45, 7) is 1.94. The van der Waals surface area contributed by atoms with E-state index in [1.165, 1.54) is 6.07 Å². The van der Waals surface area contributed by atoms with Gasteiger partial charge >= 0.3 is 0 Å². The van der Waals surface area contributed by atoms with Crippen LogP contribution in [0.25, 0.3) is 22.3 Å². The molecule has 0 saturated heterocycles. The summed E-state index contributed by atoms with van der Waals surface area (Å²) in [6.07, 6.45) is 0. The highest BCUT2D eigenvalue weighted by Gasteiger charge is 2.10. The maximum absolute atomic E-state index is 12.6. The normalized spacial score (nSPS) is 10.8. The largest absolute Gasteiger partial charge is 0.456 e. The molecule has 1 aromatic heterocycles. The number of nitrogens with zero attached hydrogens (tertiary/aromatic N) is 1. The molecule has 4 rings (SSSR count). The number of hydrogen-bond acceptors (Lipinski definition) is 4. The summed E-state index contributed by atoms with van der Waals surface area (Å²) in [6, 6.07) is 21.7. The Bertz CT molecular complexity index is 1290. The maximum Gasteiger partial charge on any atom is 0.255 e. The molecule has 0 aliphatic carbocycles. The van der Waals surface area contributed by atoms with Gasteiger partial charge in [0.1, 0.15) is 11.3 Å². The van der Waals surface area contributed by atoms with Gasteiger partial charge in [-0.2, -0.15) is 0 Å². The third kappa shape index (κ3) is 3.96. The summed E-state index contributed by atoms with van der Waals surface area (Å²) < 4.78 is 5.91. The lowest BCUT2D eigenvalue weighted by molar-refractivity contribution is 0.102. The molecule has 150 valence electrons. The second-order valence-corrected chi connectivity index (χ2v) is 7.45. The number of carbonyl (C=O) groups is 1. The molecule has 1 heterocycles. The predicted octanol–water partition coefficient (Wildman–Crippen LogP) is 5.09. The van der Waals surface area contributed by atoms with Crippen LogP contribution in [0, 0.1) is 6.92 Å². The van der Waals surface area contributed by atoms with E-state index in [9.17, 15) is 9.59 Å². The quantitative estimate of drug-likeness (QED) is 0.520. The summed E-state index contributed by atoms with van der Waals surface area (Å²) in [5, 5.41) is 3.48. The minimum atomic E-state index is -0.201. The molecule has 0 saturated carbocycles. The van der Waals surface area contributed by atoms with E-state index in [2.05, 4.69) is 5.32 Å². The number of carbonyl (C=O) groups excluding carboxylic acids is 1. The fraction of sp³-hybridized carbons (Fsp3) is 0.120. The fourth-order valence-electron chi connectivity index (χ4n) is 3.26. The van der Waals surface area contributed by atoms with Crippen LogP contribution in [0.2, 0.25) is 0 Å². The number of hydrogen-bond donors (Lipinski definition) is 1. The van der Waals surface area contributed by atoms with Gasteiger partial charge in [0.05, 0.1) is 5.39 Å². The first-order valence-corrected chi connectivity index (χ1v) is 9.64. The van der Waals surface area contributed by atoms with E-state index in [1.807, 2.05) is 62.3 Å². The van der Waals surface area contributed by atoms with Crippen molar-refractivity contribution in [3.05, 3.63) is 94.1 Å². The van der Waals surface area contributed by atoms with Gasteiger partial charge in [0.15, 0.2) is 5.43 Å². The molecule has 0 unspecified atom stereocenters. The van der Waals surface area contributed by atoms with Crippen LogP contribution in [0.15, 0.2) is 82.0 Å². The minimum absolute atomic E-state index is 0.0856. The molecule has 5 heteroatoms. The van der Waals surface area contributed by atoms with Crippen molar-refractivity contribution in [3.63, 3.8) is 0 Å². The Balaban J connectivity index is 1.58. The maximum atomic E-state index is 12.6. The molecule has 0 spiro atoms. The zero-order valence-corrected chi connectivity index (χ0v) is 17.1. The topological polar surface area (TPSA) is 62.6 Å². The first kappa shape index (κ1) is 19.5. The number of aryl methyl sites for hydroxylation is 1. The highest BCUT2D eigenvalue weighted by molar-refractivity contribution is 6.04. The van der Waals surface area contributed by atoms with Gasteiger partial charge in [0.25, 0.3) is 5.91 Å². The van der Waals surface area contributed by atoms with Crippen LogP contribution in [0.5, 0.6) is 0 Å². The molecular formula is C25H22N2O3. The van der Waals surface area contributed by atoms with Crippen molar-refractivity contribution in [2.45, 2.75) is 6.92 Å². The highest BCUT2D eigenvalue weighted by atomic mass is 16.3. The highest BCUT2D eigenvalue weighted by Crippen LogP contribution is 2.24. The van der Waals surface area contributed by atoms with E-state index in [1.54, 1.807) is 30.3 Å². The first-order valence-electron chi connectivity index (χ1n) is 9.64.